The number of carbonyl (C=O) groups is 3. The molecular weight excluding hydrogens is 488 g/mol. The van der Waals surface area contributed by atoms with E-state index in [-0.39, 0.29) is 21.1 Å². The molecule has 3 N–H and O–H groups in total. The number of aromatic nitrogens is 2. The standard InChI is InChI=1S/C24H20N4O7S/c1-13-17(23(31)34-3)22(36-19(13)21(30)25-14-7-5-4-6-8-14)26-20(29)18-24(32)35-27-28(18)15-9-11-16(33-2)12-10-15/h4-12H,1-3H3,(H2-,25,26,27,29,30,31,32)/p+1. The lowest BCUT2D eigenvalue weighted by molar-refractivity contribution is -0.672. The minimum Gasteiger partial charge on any atom is -0.497 e. The van der Waals surface area contributed by atoms with E-state index in [0.29, 0.717) is 22.7 Å². The summed E-state index contributed by atoms with van der Waals surface area (Å²) in [6.07, 6.45) is 0. The molecule has 2 aromatic heterocycles. The number of benzene rings is 2. The highest BCUT2D eigenvalue weighted by molar-refractivity contribution is 7.19. The van der Waals surface area contributed by atoms with E-state index in [4.69, 9.17) is 14.0 Å². The van der Waals surface area contributed by atoms with Crippen LogP contribution >= 0.6 is 11.3 Å². The van der Waals surface area contributed by atoms with Crippen LogP contribution in [0, 0.1) is 6.92 Å². The van der Waals surface area contributed by atoms with Crippen molar-refractivity contribution in [3.8, 4) is 11.4 Å². The lowest BCUT2D eigenvalue weighted by Gasteiger charge is -2.04. The second kappa shape index (κ2) is 10.3. The van der Waals surface area contributed by atoms with Gasteiger partial charge in [-0.2, -0.15) is 0 Å². The minimum atomic E-state index is -0.932. The van der Waals surface area contributed by atoms with Gasteiger partial charge in [0, 0.05) is 17.8 Å². The number of carbonyl (C=O) groups excluding carboxylic acids is 3. The Morgan fingerprint density at radius 1 is 0.972 bits per heavy atom. The SMILES string of the molecule is COC(=O)c1c(NC(=O)c2c(=O)o[nH][n+]2-c2ccc(OC)cc2)sc(C(=O)Nc2ccccc2)c1C. The van der Waals surface area contributed by atoms with Gasteiger partial charge in [-0.1, -0.05) is 18.2 Å². The van der Waals surface area contributed by atoms with Gasteiger partial charge >= 0.3 is 23.2 Å². The van der Waals surface area contributed by atoms with Crippen LogP contribution in [0.4, 0.5) is 10.7 Å². The van der Waals surface area contributed by atoms with E-state index in [9.17, 15) is 19.2 Å². The van der Waals surface area contributed by atoms with E-state index < -0.39 is 23.4 Å². The summed E-state index contributed by atoms with van der Waals surface area (Å²) in [7, 11) is 2.70. The number of thiophene rings is 1. The van der Waals surface area contributed by atoms with E-state index in [1.807, 2.05) is 6.07 Å². The zero-order valence-electron chi connectivity index (χ0n) is 19.4. The number of esters is 1. The molecule has 0 fully saturated rings. The molecule has 2 aromatic carbocycles. The second-order valence-corrected chi connectivity index (χ2v) is 8.41. The molecule has 0 bridgehead atoms. The first-order valence-corrected chi connectivity index (χ1v) is 11.3. The predicted octanol–water partition coefficient (Wildman–Crippen LogP) is 2.91. The third kappa shape index (κ3) is 4.74. The first kappa shape index (κ1) is 24.4. The first-order chi connectivity index (χ1) is 17.3. The topological polar surface area (TPSA) is 144 Å². The number of nitrogens with zero attached hydrogens (tertiary/aromatic N) is 1. The Bertz CT molecular complexity index is 1490. The Balaban J connectivity index is 1.68. The van der Waals surface area contributed by atoms with Crippen molar-refractivity contribution in [1.82, 2.24) is 5.27 Å². The molecule has 12 heteroatoms. The Morgan fingerprint density at radius 2 is 1.67 bits per heavy atom. The summed E-state index contributed by atoms with van der Waals surface area (Å²) in [5, 5.41) is 7.73. The third-order valence-corrected chi connectivity index (χ3v) is 6.40. The number of hydrogen-bond acceptors (Lipinski definition) is 8. The highest BCUT2D eigenvalue weighted by Gasteiger charge is 2.34. The molecule has 36 heavy (non-hydrogen) atoms. The Morgan fingerprint density at radius 3 is 2.31 bits per heavy atom. The third-order valence-electron chi connectivity index (χ3n) is 5.19. The number of aromatic amines is 1. The highest BCUT2D eigenvalue weighted by Crippen LogP contribution is 2.34. The van der Waals surface area contributed by atoms with Crippen LogP contribution < -0.4 is 25.7 Å². The van der Waals surface area contributed by atoms with Crippen LogP contribution in [0.5, 0.6) is 5.75 Å². The summed E-state index contributed by atoms with van der Waals surface area (Å²) in [5.74, 6) is -1.50. The minimum absolute atomic E-state index is 0.00461. The smallest absolute Gasteiger partial charge is 0.441 e. The van der Waals surface area contributed by atoms with Gasteiger partial charge in [-0.05, 0) is 46.7 Å². The van der Waals surface area contributed by atoms with Gasteiger partial charge in [-0.15, -0.1) is 11.3 Å². The predicted molar refractivity (Wildman–Crippen MR) is 130 cm³/mol. The largest absolute Gasteiger partial charge is 0.497 e. The Kier molecular flexibility index (Phi) is 6.97. The van der Waals surface area contributed by atoms with Crippen molar-refractivity contribution >= 4 is 39.8 Å². The molecule has 0 atom stereocenters. The molecule has 0 aliphatic rings. The maximum absolute atomic E-state index is 13.2. The maximum Gasteiger partial charge on any atom is 0.441 e. The number of hydrogen-bond donors (Lipinski definition) is 3. The molecule has 184 valence electrons. The number of amides is 2. The second-order valence-electron chi connectivity index (χ2n) is 7.39. The van der Waals surface area contributed by atoms with Gasteiger partial charge in [0.1, 0.15) is 10.8 Å². The molecule has 0 saturated heterocycles. The van der Waals surface area contributed by atoms with Crippen LogP contribution in [0.2, 0.25) is 0 Å². The summed E-state index contributed by atoms with van der Waals surface area (Å²) in [5.41, 5.74) is -0.00322. The first-order valence-electron chi connectivity index (χ1n) is 10.5. The van der Waals surface area contributed by atoms with Crippen molar-refractivity contribution < 1.29 is 33.1 Å². The summed E-state index contributed by atoms with van der Waals surface area (Å²) in [6.45, 7) is 1.57. The number of anilines is 2. The number of nitrogens with one attached hydrogen (secondary N) is 3. The van der Waals surface area contributed by atoms with Crippen molar-refractivity contribution in [2.75, 3.05) is 24.9 Å². The lowest BCUT2D eigenvalue weighted by Crippen LogP contribution is -2.42. The fraction of sp³-hybridized carbons (Fsp3) is 0.125. The van der Waals surface area contributed by atoms with E-state index in [1.165, 1.54) is 14.2 Å². The monoisotopic (exact) mass is 509 g/mol. The zero-order valence-corrected chi connectivity index (χ0v) is 20.2. The Labute approximate surface area is 208 Å². The molecular formula is C24H21N4O7S+. The van der Waals surface area contributed by atoms with Gasteiger partial charge in [0.2, 0.25) is 5.69 Å². The van der Waals surface area contributed by atoms with Crippen LogP contribution in [0.15, 0.2) is 63.9 Å². The molecule has 2 amide bonds. The van der Waals surface area contributed by atoms with Gasteiger partial charge in [0.05, 0.1) is 24.7 Å². The van der Waals surface area contributed by atoms with E-state index >= 15 is 0 Å². The normalized spacial score (nSPS) is 10.5. The van der Waals surface area contributed by atoms with Crippen LogP contribution in [0.1, 0.15) is 36.1 Å². The van der Waals surface area contributed by atoms with Gasteiger partial charge in [-0.3, -0.25) is 14.1 Å². The van der Waals surface area contributed by atoms with Crippen LogP contribution in [0.3, 0.4) is 0 Å². The molecule has 0 unspecified atom stereocenters. The molecule has 0 aliphatic heterocycles. The zero-order chi connectivity index (χ0) is 25.8. The van der Waals surface area contributed by atoms with Gasteiger partial charge in [-0.25, -0.2) is 9.59 Å². The number of methoxy groups -OCH3 is 2. The summed E-state index contributed by atoms with van der Waals surface area (Å²) in [6, 6.07) is 15.3. The van der Waals surface area contributed by atoms with Crippen LogP contribution in [-0.2, 0) is 4.74 Å². The number of para-hydroxylation sites is 1. The van der Waals surface area contributed by atoms with Crippen molar-refractivity contribution in [2.24, 2.45) is 0 Å². The molecule has 4 aromatic rings. The van der Waals surface area contributed by atoms with Gasteiger partial charge < -0.3 is 20.1 Å². The number of H-pyrrole nitrogens is 1. The quantitative estimate of drug-likeness (QED) is 0.257. The number of rotatable bonds is 7. The van der Waals surface area contributed by atoms with Crippen molar-refractivity contribution in [1.29, 1.82) is 0 Å². The van der Waals surface area contributed by atoms with Crippen molar-refractivity contribution in [2.45, 2.75) is 6.92 Å². The van der Waals surface area contributed by atoms with E-state index in [1.54, 1.807) is 55.5 Å². The molecule has 0 saturated carbocycles. The fourth-order valence-corrected chi connectivity index (χ4v) is 4.50. The molecule has 0 aliphatic carbocycles. The summed E-state index contributed by atoms with van der Waals surface area (Å²) in [4.78, 5) is 51.2. The molecule has 4 rings (SSSR count). The average Bonchev–Trinajstić information content (AvgIpc) is 3.43. The number of ether oxygens (including phenoxy) is 2. The molecule has 0 radical (unpaired) electrons. The van der Waals surface area contributed by atoms with E-state index in [2.05, 4.69) is 15.9 Å². The van der Waals surface area contributed by atoms with Gasteiger partial charge in [0.15, 0.2) is 0 Å². The fourth-order valence-electron chi connectivity index (χ4n) is 3.42. The van der Waals surface area contributed by atoms with Crippen LogP contribution in [-0.4, -0.2) is 37.3 Å². The highest BCUT2D eigenvalue weighted by atomic mass is 32.1. The molecule has 11 nitrogen and oxygen atoms in total. The Hall–Kier alpha value is -4.71. The molecule has 2 heterocycles. The average molecular weight is 510 g/mol. The van der Waals surface area contributed by atoms with Crippen LogP contribution in [0.25, 0.3) is 5.69 Å². The van der Waals surface area contributed by atoms with Gasteiger partial charge in [0.25, 0.3) is 5.91 Å². The van der Waals surface area contributed by atoms with Crippen molar-refractivity contribution in [3.63, 3.8) is 0 Å². The summed E-state index contributed by atoms with van der Waals surface area (Å²) >= 11 is 0.882. The van der Waals surface area contributed by atoms with Crippen molar-refractivity contribution in [3.05, 3.63) is 86.7 Å². The van der Waals surface area contributed by atoms with E-state index in [0.717, 1.165) is 16.0 Å². The lowest BCUT2D eigenvalue weighted by atomic mass is 10.1. The summed E-state index contributed by atoms with van der Waals surface area (Å²) < 4.78 is 16.0. The maximum atomic E-state index is 13.2. The molecule has 0 spiro atoms.